The predicted molar refractivity (Wildman–Crippen MR) is 62.5 cm³/mol. The van der Waals surface area contributed by atoms with Gasteiger partial charge in [0.15, 0.2) is 0 Å². The third kappa shape index (κ3) is 2.74. The van der Waals surface area contributed by atoms with E-state index in [1.165, 1.54) is 6.20 Å². The van der Waals surface area contributed by atoms with Crippen LogP contribution in [0.2, 0.25) is 0 Å². The van der Waals surface area contributed by atoms with Crippen molar-refractivity contribution in [3.8, 4) is 0 Å². The number of nitrogens with one attached hydrogen (secondary N) is 2. The molecule has 1 saturated heterocycles. The van der Waals surface area contributed by atoms with Crippen molar-refractivity contribution in [3.05, 3.63) is 6.20 Å². The summed E-state index contributed by atoms with van der Waals surface area (Å²) < 4.78 is 8.70. The van der Waals surface area contributed by atoms with Crippen LogP contribution in [0.25, 0.3) is 0 Å². The lowest BCUT2D eigenvalue weighted by Gasteiger charge is -2.33. The second kappa shape index (κ2) is 5.27. The van der Waals surface area contributed by atoms with E-state index >= 15 is 0 Å². The van der Waals surface area contributed by atoms with E-state index in [0.29, 0.717) is 18.2 Å². The monoisotopic (exact) mass is 272 g/mol. The molecule has 98 valence electrons. The van der Waals surface area contributed by atoms with Crippen LogP contribution in [0.3, 0.4) is 0 Å². The number of anilines is 1. The topological polar surface area (TPSA) is 113 Å². The van der Waals surface area contributed by atoms with E-state index in [4.69, 9.17) is 4.74 Å². The summed E-state index contributed by atoms with van der Waals surface area (Å²) in [6, 6.07) is -0.578. The Bertz CT molecular complexity index is 430. The molecule has 2 heterocycles. The molecule has 1 fully saturated rings. The summed E-state index contributed by atoms with van der Waals surface area (Å²) in [5.41, 5.74) is -1.26. The van der Waals surface area contributed by atoms with Crippen molar-refractivity contribution in [2.24, 2.45) is 0 Å². The zero-order valence-electron chi connectivity index (χ0n) is 9.38. The van der Waals surface area contributed by atoms with Gasteiger partial charge in [-0.1, -0.05) is 4.49 Å². The summed E-state index contributed by atoms with van der Waals surface area (Å²) in [6.45, 7) is 0.628. The zero-order chi connectivity index (χ0) is 13.0. The molecular weight excluding hydrogens is 260 g/mol. The number of nitrogens with zero attached hydrogens (tertiary/aromatic N) is 2. The van der Waals surface area contributed by atoms with Gasteiger partial charge < -0.3 is 15.2 Å². The molecule has 1 aliphatic rings. The zero-order valence-corrected chi connectivity index (χ0v) is 10.2. The Balaban J connectivity index is 2.00. The SMILES string of the molecule is O=C(Nc1cnns1)NC1(C(=O)O)CCOCC1. The second-order valence-electron chi connectivity index (χ2n) is 3.86. The highest BCUT2D eigenvalue weighted by Gasteiger charge is 2.41. The molecule has 0 bridgehead atoms. The van der Waals surface area contributed by atoms with Crippen LogP contribution in [0.1, 0.15) is 12.8 Å². The van der Waals surface area contributed by atoms with Gasteiger partial charge in [-0.25, -0.2) is 9.59 Å². The summed E-state index contributed by atoms with van der Waals surface area (Å²) >= 11 is 1.02. The highest BCUT2D eigenvalue weighted by Crippen LogP contribution is 2.21. The number of hydrogen-bond acceptors (Lipinski definition) is 6. The number of hydrogen-bond donors (Lipinski definition) is 3. The lowest BCUT2D eigenvalue weighted by Crippen LogP contribution is -2.58. The Morgan fingerprint density at radius 2 is 2.17 bits per heavy atom. The molecule has 0 aromatic carbocycles. The molecule has 8 nitrogen and oxygen atoms in total. The van der Waals surface area contributed by atoms with Gasteiger partial charge in [0.2, 0.25) is 0 Å². The standard InChI is InChI=1S/C9H12N4O4S/c14-7(15)9(1-3-17-4-2-9)12-8(16)11-6-5-10-13-18-6/h5H,1-4H2,(H,14,15)(H2,11,12,16). The first kappa shape index (κ1) is 12.7. The third-order valence-corrected chi connectivity index (χ3v) is 3.29. The molecule has 2 amide bonds. The molecule has 1 aromatic heterocycles. The number of carboxylic acids is 1. The molecule has 0 saturated carbocycles. The normalized spacial score (nSPS) is 18.0. The first-order valence-corrected chi connectivity index (χ1v) is 6.07. The summed E-state index contributed by atoms with van der Waals surface area (Å²) in [7, 11) is 0. The molecule has 0 atom stereocenters. The lowest BCUT2D eigenvalue weighted by atomic mass is 9.90. The maximum Gasteiger partial charge on any atom is 0.329 e. The highest BCUT2D eigenvalue weighted by atomic mass is 32.1. The fourth-order valence-electron chi connectivity index (χ4n) is 1.69. The Kier molecular flexibility index (Phi) is 3.72. The molecule has 0 radical (unpaired) electrons. The van der Waals surface area contributed by atoms with Crippen LogP contribution in [0, 0.1) is 0 Å². The second-order valence-corrected chi connectivity index (χ2v) is 4.65. The molecule has 0 spiro atoms. The van der Waals surface area contributed by atoms with Gasteiger partial charge in [-0.15, -0.1) is 5.10 Å². The average Bonchev–Trinajstić information content (AvgIpc) is 2.82. The fourth-order valence-corrected chi connectivity index (χ4v) is 2.11. The maximum absolute atomic E-state index is 11.7. The number of aliphatic carboxylic acids is 1. The number of rotatable bonds is 3. The van der Waals surface area contributed by atoms with E-state index in [0.717, 1.165) is 11.5 Å². The van der Waals surface area contributed by atoms with Crippen LogP contribution >= 0.6 is 11.5 Å². The number of urea groups is 1. The number of carbonyl (C=O) groups is 2. The van der Waals surface area contributed by atoms with Gasteiger partial charge >= 0.3 is 12.0 Å². The largest absolute Gasteiger partial charge is 0.480 e. The Hall–Kier alpha value is -1.74. The quantitative estimate of drug-likeness (QED) is 0.729. The first-order valence-electron chi connectivity index (χ1n) is 5.30. The van der Waals surface area contributed by atoms with E-state index in [9.17, 15) is 14.7 Å². The Labute approximate surface area is 106 Å². The van der Waals surface area contributed by atoms with E-state index in [2.05, 4.69) is 20.2 Å². The van der Waals surface area contributed by atoms with Crippen molar-refractivity contribution in [2.75, 3.05) is 18.5 Å². The number of aromatic nitrogens is 2. The maximum atomic E-state index is 11.7. The minimum Gasteiger partial charge on any atom is -0.480 e. The van der Waals surface area contributed by atoms with Crippen molar-refractivity contribution in [1.29, 1.82) is 0 Å². The fraction of sp³-hybridized carbons (Fsp3) is 0.556. The summed E-state index contributed by atoms with van der Waals surface area (Å²) in [6.07, 6.45) is 1.88. The molecule has 18 heavy (non-hydrogen) atoms. The van der Waals surface area contributed by atoms with Gasteiger partial charge in [0, 0.05) is 37.6 Å². The molecule has 1 aromatic rings. The molecule has 3 N–H and O–H groups in total. The molecule has 9 heteroatoms. The minimum absolute atomic E-state index is 0.247. The lowest BCUT2D eigenvalue weighted by molar-refractivity contribution is -0.148. The third-order valence-electron chi connectivity index (χ3n) is 2.71. The van der Waals surface area contributed by atoms with E-state index < -0.39 is 17.5 Å². The van der Waals surface area contributed by atoms with Gasteiger partial charge in [-0.2, -0.15) is 0 Å². The number of carboxylic acid groups (broad SMARTS) is 1. The average molecular weight is 272 g/mol. The summed E-state index contributed by atoms with van der Waals surface area (Å²) in [4.78, 5) is 23.0. The van der Waals surface area contributed by atoms with E-state index in [1.807, 2.05) is 0 Å². The van der Waals surface area contributed by atoms with Crippen molar-refractivity contribution < 1.29 is 19.4 Å². The van der Waals surface area contributed by atoms with Crippen molar-refractivity contribution in [3.63, 3.8) is 0 Å². The van der Waals surface area contributed by atoms with Crippen LogP contribution in [0.4, 0.5) is 9.80 Å². The van der Waals surface area contributed by atoms with Gasteiger partial charge in [0.05, 0.1) is 6.20 Å². The summed E-state index contributed by atoms with van der Waals surface area (Å²) in [5.74, 6) is -1.05. The van der Waals surface area contributed by atoms with Gasteiger partial charge in [0.25, 0.3) is 0 Å². The molecule has 1 aliphatic heterocycles. The minimum atomic E-state index is -1.26. The predicted octanol–water partition coefficient (Wildman–Crippen LogP) is 0.293. The molecule has 2 rings (SSSR count). The smallest absolute Gasteiger partial charge is 0.329 e. The van der Waals surface area contributed by atoms with E-state index in [-0.39, 0.29) is 12.8 Å². The number of amides is 2. The van der Waals surface area contributed by atoms with E-state index in [1.54, 1.807) is 0 Å². The molecular formula is C9H12N4O4S. The van der Waals surface area contributed by atoms with Crippen molar-refractivity contribution in [1.82, 2.24) is 14.9 Å². The first-order chi connectivity index (χ1) is 8.62. The van der Waals surface area contributed by atoms with Gasteiger partial charge in [0.1, 0.15) is 10.5 Å². The van der Waals surface area contributed by atoms with Gasteiger partial charge in [-0.3, -0.25) is 5.32 Å². The van der Waals surface area contributed by atoms with Gasteiger partial charge in [-0.05, 0) is 0 Å². The van der Waals surface area contributed by atoms with Crippen LogP contribution in [-0.4, -0.2) is 45.4 Å². The molecule has 0 aliphatic carbocycles. The number of ether oxygens (including phenoxy) is 1. The van der Waals surface area contributed by atoms with Crippen LogP contribution in [0.15, 0.2) is 6.20 Å². The van der Waals surface area contributed by atoms with Crippen LogP contribution in [0.5, 0.6) is 0 Å². The van der Waals surface area contributed by atoms with Crippen LogP contribution in [-0.2, 0) is 9.53 Å². The highest BCUT2D eigenvalue weighted by molar-refractivity contribution is 7.10. The Morgan fingerprint density at radius 1 is 1.44 bits per heavy atom. The Morgan fingerprint density at radius 3 is 2.72 bits per heavy atom. The van der Waals surface area contributed by atoms with Crippen molar-refractivity contribution in [2.45, 2.75) is 18.4 Å². The molecule has 0 unspecified atom stereocenters. The number of carbonyl (C=O) groups excluding carboxylic acids is 1. The van der Waals surface area contributed by atoms with Crippen LogP contribution < -0.4 is 10.6 Å². The van der Waals surface area contributed by atoms with Crippen molar-refractivity contribution >= 4 is 28.5 Å². The summed E-state index contributed by atoms with van der Waals surface area (Å²) in [5, 5.41) is 18.2.